The van der Waals surface area contributed by atoms with Crippen LogP contribution >= 0.6 is 0 Å². The Bertz CT molecular complexity index is 2470. The number of nitrogens with zero attached hydrogens (tertiary/aromatic N) is 1. The van der Waals surface area contributed by atoms with Gasteiger partial charge < -0.3 is 0 Å². The Kier molecular flexibility index (Phi) is 5.56. The molecule has 0 fully saturated rings. The summed E-state index contributed by atoms with van der Waals surface area (Å²) in [4.78, 5) is 5.32. The van der Waals surface area contributed by atoms with Crippen molar-refractivity contribution >= 4 is 10.8 Å². The highest BCUT2D eigenvalue weighted by atomic mass is 14.7. The molecule has 0 saturated heterocycles. The Morgan fingerprint density at radius 2 is 0.851 bits per heavy atom. The lowest BCUT2D eigenvalue weighted by atomic mass is 9.70. The molecule has 0 bridgehead atoms. The molecule has 218 valence electrons. The summed E-state index contributed by atoms with van der Waals surface area (Å²) in [6, 6.07) is 64.3. The molecule has 2 aliphatic rings. The Hall–Kier alpha value is -6.05. The van der Waals surface area contributed by atoms with E-state index in [1.165, 1.54) is 66.4 Å². The minimum atomic E-state index is -0.372. The van der Waals surface area contributed by atoms with Crippen molar-refractivity contribution in [2.45, 2.75) is 5.41 Å². The second kappa shape index (κ2) is 9.97. The smallest absolute Gasteiger partial charge is 0.0725 e. The second-order valence-corrected chi connectivity index (χ2v) is 12.6. The van der Waals surface area contributed by atoms with Crippen LogP contribution in [0.2, 0.25) is 0 Å². The summed E-state index contributed by atoms with van der Waals surface area (Å²) < 4.78 is 0. The SMILES string of the molecule is c1ccc(-c2cc(-c3cccc4c3-c3ccccc3C43c4ccccc4-c4ccccc43)cc(-c3cccc4ccccc34)n2)cc1. The molecule has 2 aliphatic carbocycles. The molecule has 1 heterocycles. The molecular formula is C46H29N. The van der Waals surface area contributed by atoms with E-state index in [9.17, 15) is 0 Å². The van der Waals surface area contributed by atoms with Gasteiger partial charge in [-0.1, -0.05) is 164 Å². The van der Waals surface area contributed by atoms with Gasteiger partial charge in [0, 0.05) is 11.1 Å². The highest BCUT2D eigenvalue weighted by Gasteiger charge is 2.51. The third-order valence-corrected chi connectivity index (χ3v) is 10.3. The van der Waals surface area contributed by atoms with E-state index in [-0.39, 0.29) is 5.41 Å². The van der Waals surface area contributed by atoms with Crippen molar-refractivity contribution in [2.75, 3.05) is 0 Å². The fourth-order valence-corrected chi connectivity index (χ4v) is 8.41. The van der Waals surface area contributed by atoms with Crippen LogP contribution in [0.1, 0.15) is 22.3 Å². The minimum absolute atomic E-state index is 0.372. The first-order valence-corrected chi connectivity index (χ1v) is 16.3. The summed E-state index contributed by atoms with van der Waals surface area (Å²) in [7, 11) is 0. The zero-order valence-corrected chi connectivity index (χ0v) is 25.7. The van der Waals surface area contributed by atoms with E-state index in [2.05, 4.69) is 176 Å². The number of aromatic nitrogens is 1. The fourth-order valence-electron chi connectivity index (χ4n) is 8.41. The number of fused-ring (bicyclic) bond motifs is 11. The first kappa shape index (κ1) is 26.2. The predicted molar refractivity (Wildman–Crippen MR) is 194 cm³/mol. The number of rotatable bonds is 3. The largest absolute Gasteiger partial charge is 0.248 e. The molecule has 0 unspecified atom stereocenters. The molecule has 1 spiro atoms. The molecule has 47 heavy (non-hydrogen) atoms. The zero-order valence-electron chi connectivity index (χ0n) is 25.7. The molecule has 0 atom stereocenters. The van der Waals surface area contributed by atoms with Crippen LogP contribution in [0, 0.1) is 0 Å². The number of benzene rings is 7. The lowest BCUT2D eigenvalue weighted by molar-refractivity contribution is 0.794. The van der Waals surface area contributed by atoms with E-state index in [0.717, 1.165) is 22.5 Å². The van der Waals surface area contributed by atoms with Crippen LogP contribution in [0.4, 0.5) is 0 Å². The van der Waals surface area contributed by atoms with Gasteiger partial charge in [-0.2, -0.15) is 0 Å². The van der Waals surface area contributed by atoms with Crippen LogP contribution in [-0.2, 0) is 5.41 Å². The molecule has 1 heteroatoms. The number of hydrogen-bond donors (Lipinski definition) is 0. The van der Waals surface area contributed by atoms with Crippen molar-refractivity contribution in [3.05, 3.63) is 198 Å². The average Bonchev–Trinajstić information content (AvgIpc) is 3.62. The van der Waals surface area contributed by atoms with E-state index in [0.29, 0.717) is 0 Å². The topological polar surface area (TPSA) is 12.9 Å². The lowest BCUT2D eigenvalue weighted by Crippen LogP contribution is -2.25. The van der Waals surface area contributed by atoms with Gasteiger partial charge in [0.1, 0.15) is 0 Å². The molecular weight excluding hydrogens is 567 g/mol. The van der Waals surface area contributed by atoms with E-state index in [1.54, 1.807) is 0 Å². The number of pyridine rings is 1. The Morgan fingerprint density at radius 1 is 0.340 bits per heavy atom. The third-order valence-electron chi connectivity index (χ3n) is 10.3. The van der Waals surface area contributed by atoms with Crippen molar-refractivity contribution in [3.63, 3.8) is 0 Å². The molecule has 0 saturated carbocycles. The van der Waals surface area contributed by atoms with Crippen LogP contribution < -0.4 is 0 Å². The quantitative estimate of drug-likeness (QED) is 0.198. The molecule has 10 rings (SSSR count). The predicted octanol–water partition coefficient (Wildman–Crippen LogP) is 11.6. The average molecular weight is 596 g/mol. The van der Waals surface area contributed by atoms with Gasteiger partial charge in [-0.15, -0.1) is 0 Å². The van der Waals surface area contributed by atoms with Crippen LogP contribution in [0.3, 0.4) is 0 Å². The molecule has 7 aromatic carbocycles. The van der Waals surface area contributed by atoms with Gasteiger partial charge in [-0.25, -0.2) is 4.98 Å². The maximum absolute atomic E-state index is 5.32. The van der Waals surface area contributed by atoms with Crippen LogP contribution in [0.15, 0.2) is 176 Å². The van der Waals surface area contributed by atoms with Gasteiger partial charge in [-0.3, -0.25) is 0 Å². The summed E-state index contributed by atoms with van der Waals surface area (Å²) in [5.41, 5.74) is 16.9. The molecule has 8 aromatic rings. The first-order valence-electron chi connectivity index (χ1n) is 16.3. The van der Waals surface area contributed by atoms with Gasteiger partial charge in [0.25, 0.3) is 0 Å². The van der Waals surface area contributed by atoms with Crippen LogP contribution in [-0.4, -0.2) is 4.98 Å². The molecule has 0 radical (unpaired) electrons. The van der Waals surface area contributed by atoms with E-state index in [4.69, 9.17) is 4.98 Å². The lowest BCUT2D eigenvalue weighted by Gasteiger charge is -2.30. The first-order chi connectivity index (χ1) is 23.3. The summed E-state index contributed by atoms with van der Waals surface area (Å²) >= 11 is 0. The summed E-state index contributed by atoms with van der Waals surface area (Å²) in [5.74, 6) is 0. The van der Waals surface area contributed by atoms with Crippen LogP contribution in [0.5, 0.6) is 0 Å². The second-order valence-electron chi connectivity index (χ2n) is 12.6. The van der Waals surface area contributed by atoms with Crippen molar-refractivity contribution in [3.8, 4) is 55.9 Å². The van der Waals surface area contributed by atoms with Crippen molar-refractivity contribution < 1.29 is 0 Å². The highest BCUT2D eigenvalue weighted by Crippen LogP contribution is 2.64. The summed E-state index contributed by atoms with van der Waals surface area (Å²) in [6.07, 6.45) is 0. The maximum Gasteiger partial charge on any atom is 0.0725 e. The standard InChI is InChI=1S/C46H29N/c1-2-15-31(16-3-1)43-28-32(29-44(47-43)37-23-12-17-30-14-4-5-18-33(30)37)34-22-13-27-42-45(34)38-21-8-11-26-41(38)46(42)39-24-9-6-19-35(39)36-20-7-10-25-40(36)46/h1-29H. The van der Waals surface area contributed by atoms with Crippen molar-refractivity contribution in [1.29, 1.82) is 0 Å². The monoisotopic (exact) mass is 595 g/mol. The molecule has 0 amide bonds. The van der Waals surface area contributed by atoms with Gasteiger partial charge in [0.2, 0.25) is 0 Å². The van der Waals surface area contributed by atoms with E-state index in [1.807, 2.05) is 0 Å². The van der Waals surface area contributed by atoms with Gasteiger partial charge >= 0.3 is 0 Å². The highest BCUT2D eigenvalue weighted by molar-refractivity contribution is 6.01. The summed E-state index contributed by atoms with van der Waals surface area (Å²) in [6.45, 7) is 0. The molecule has 0 N–H and O–H groups in total. The Balaban J connectivity index is 1.29. The minimum Gasteiger partial charge on any atom is -0.248 e. The normalized spacial score (nSPS) is 13.3. The maximum atomic E-state index is 5.32. The van der Waals surface area contributed by atoms with Gasteiger partial charge in [-0.05, 0) is 78.5 Å². The van der Waals surface area contributed by atoms with Crippen LogP contribution in [0.25, 0.3) is 66.7 Å². The molecule has 1 nitrogen and oxygen atoms in total. The fraction of sp³-hybridized carbons (Fsp3) is 0.0217. The number of hydrogen-bond acceptors (Lipinski definition) is 1. The Morgan fingerprint density at radius 3 is 1.62 bits per heavy atom. The van der Waals surface area contributed by atoms with Gasteiger partial charge in [0.05, 0.1) is 16.8 Å². The van der Waals surface area contributed by atoms with E-state index >= 15 is 0 Å². The third kappa shape index (κ3) is 3.63. The van der Waals surface area contributed by atoms with Crippen molar-refractivity contribution in [1.82, 2.24) is 4.98 Å². The summed E-state index contributed by atoms with van der Waals surface area (Å²) in [5, 5.41) is 2.42. The molecule has 1 aromatic heterocycles. The molecule has 0 aliphatic heterocycles. The van der Waals surface area contributed by atoms with Crippen molar-refractivity contribution in [2.24, 2.45) is 0 Å². The van der Waals surface area contributed by atoms with Gasteiger partial charge in [0.15, 0.2) is 0 Å². The Labute approximate surface area is 274 Å². The zero-order chi connectivity index (χ0) is 31.0. The van der Waals surface area contributed by atoms with E-state index < -0.39 is 0 Å².